The minimum atomic E-state index is 0.0863. The lowest BCUT2D eigenvalue weighted by molar-refractivity contribution is 0.326. The third-order valence-electron chi connectivity index (χ3n) is 1.92. The van der Waals surface area contributed by atoms with Gasteiger partial charge in [-0.1, -0.05) is 13.0 Å². The minimum Gasteiger partial charge on any atom is -0.478 e. The quantitative estimate of drug-likeness (QED) is 0.769. The molecule has 0 saturated carbocycles. The molecule has 0 radical (unpaired) electrons. The van der Waals surface area contributed by atoms with E-state index in [0.29, 0.717) is 12.5 Å². The number of nitrogens with zero attached hydrogens (tertiary/aromatic N) is 1. The number of ether oxygens (including phenoxy) is 1. The molecule has 0 aromatic carbocycles. The molecule has 0 aliphatic carbocycles. The van der Waals surface area contributed by atoms with E-state index in [1.54, 1.807) is 6.20 Å². The number of rotatable bonds is 4. The third kappa shape index (κ3) is 2.70. The average Bonchev–Trinajstić information content (AvgIpc) is 2.18. The Labute approximate surface area is 78.9 Å². The monoisotopic (exact) mass is 180 g/mol. The molecule has 0 fully saturated rings. The Morgan fingerprint density at radius 3 is 2.69 bits per heavy atom. The molecule has 1 aromatic rings. The van der Waals surface area contributed by atoms with E-state index in [1.807, 2.05) is 19.1 Å². The Morgan fingerprint density at radius 2 is 2.23 bits per heavy atom. The maximum absolute atomic E-state index is 5.84. The molecule has 1 aromatic heterocycles. The zero-order chi connectivity index (χ0) is 9.68. The van der Waals surface area contributed by atoms with E-state index < -0.39 is 0 Å². The van der Waals surface area contributed by atoms with Crippen LogP contribution in [0, 0.1) is 0 Å². The molecule has 3 heteroatoms. The molecule has 3 nitrogen and oxygen atoms in total. The molecule has 1 atom stereocenters. The van der Waals surface area contributed by atoms with Crippen molar-refractivity contribution < 1.29 is 4.74 Å². The number of aromatic nitrogens is 1. The summed E-state index contributed by atoms with van der Waals surface area (Å²) in [6.07, 6.45) is 2.70. The summed E-state index contributed by atoms with van der Waals surface area (Å²) in [6, 6.07) is 3.91. The van der Waals surface area contributed by atoms with Crippen LogP contribution in [0.4, 0.5) is 0 Å². The summed E-state index contributed by atoms with van der Waals surface area (Å²) >= 11 is 0. The van der Waals surface area contributed by atoms with Gasteiger partial charge >= 0.3 is 0 Å². The molecule has 0 amide bonds. The summed E-state index contributed by atoms with van der Waals surface area (Å²) in [5.74, 6) is 0.662. The van der Waals surface area contributed by atoms with Crippen molar-refractivity contribution in [2.45, 2.75) is 26.3 Å². The highest BCUT2D eigenvalue weighted by atomic mass is 16.5. The van der Waals surface area contributed by atoms with Gasteiger partial charge in [-0.3, -0.25) is 0 Å². The third-order valence-corrected chi connectivity index (χ3v) is 1.92. The standard InChI is InChI=1S/C10H16N2O/c1-3-9(11)8-5-6-10(12-7-8)13-4-2/h5-7,9H,3-4,11H2,1-2H3/t9-/m0/s1. The van der Waals surface area contributed by atoms with E-state index in [1.165, 1.54) is 0 Å². The maximum Gasteiger partial charge on any atom is 0.213 e. The predicted molar refractivity (Wildman–Crippen MR) is 52.6 cm³/mol. The first kappa shape index (κ1) is 9.99. The van der Waals surface area contributed by atoms with Crippen LogP contribution < -0.4 is 10.5 Å². The molecule has 2 N–H and O–H groups in total. The fourth-order valence-electron chi connectivity index (χ4n) is 1.08. The first-order valence-electron chi connectivity index (χ1n) is 4.62. The summed E-state index contributed by atoms with van der Waals surface area (Å²) < 4.78 is 5.22. The Kier molecular flexibility index (Phi) is 3.71. The molecule has 0 aliphatic heterocycles. The van der Waals surface area contributed by atoms with Gasteiger partial charge in [0.05, 0.1) is 6.61 Å². The zero-order valence-electron chi connectivity index (χ0n) is 8.16. The van der Waals surface area contributed by atoms with E-state index in [0.717, 1.165) is 12.0 Å². The second kappa shape index (κ2) is 4.82. The van der Waals surface area contributed by atoms with Crippen molar-refractivity contribution >= 4 is 0 Å². The fourth-order valence-corrected chi connectivity index (χ4v) is 1.08. The summed E-state index contributed by atoms with van der Waals surface area (Å²) in [4.78, 5) is 4.14. The normalized spacial score (nSPS) is 12.5. The Hall–Kier alpha value is -1.09. The van der Waals surface area contributed by atoms with Gasteiger partial charge in [-0.25, -0.2) is 4.98 Å². The highest BCUT2D eigenvalue weighted by molar-refractivity contribution is 5.20. The maximum atomic E-state index is 5.84. The van der Waals surface area contributed by atoms with Crippen LogP contribution in [0.15, 0.2) is 18.3 Å². The minimum absolute atomic E-state index is 0.0863. The summed E-state index contributed by atoms with van der Waals surface area (Å²) in [5.41, 5.74) is 6.90. The fraction of sp³-hybridized carbons (Fsp3) is 0.500. The van der Waals surface area contributed by atoms with Crippen molar-refractivity contribution in [3.63, 3.8) is 0 Å². The second-order valence-electron chi connectivity index (χ2n) is 2.88. The van der Waals surface area contributed by atoms with Gasteiger partial charge < -0.3 is 10.5 Å². The number of nitrogens with two attached hydrogens (primary N) is 1. The van der Waals surface area contributed by atoms with E-state index in [4.69, 9.17) is 10.5 Å². The van der Waals surface area contributed by atoms with Gasteiger partial charge in [0, 0.05) is 18.3 Å². The SMILES string of the molecule is CCOc1ccc([C@@H](N)CC)cn1. The Morgan fingerprint density at radius 1 is 1.46 bits per heavy atom. The highest BCUT2D eigenvalue weighted by Crippen LogP contribution is 2.14. The zero-order valence-corrected chi connectivity index (χ0v) is 8.16. The first-order chi connectivity index (χ1) is 6.27. The molecule has 0 spiro atoms. The van der Waals surface area contributed by atoms with Gasteiger partial charge in [0.1, 0.15) is 0 Å². The van der Waals surface area contributed by atoms with Crippen molar-refractivity contribution in [2.24, 2.45) is 5.73 Å². The lowest BCUT2D eigenvalue weighted by Gasteiger charge is -2.08. The molecular weight excluding hydrogens is 164 g/mol. The van der Waals surface area contributed by atoms with E-state index in [2.05, 4.69) is 11.9 Å². The molecule has 1 rings (SSSR count). The van der Waals surface area contributed by atoms with Crippen LogP contribution >= 0.6 is 0 Å². The molecule has 0 bridgehead atoms. The highest BCUT2D eigenvalue weighted by Gasteiger charge is 2.03. The van der Waals surface area contributed by atoms with Crippen LogP contribution in [0.25, 0.3) is 0 Å². The molecule has 0 saturated heterocycles. The lowest BCUT2D eigenvalue weighted by Crippen LogP contribution is -2.08. The van der Waals surface area contributed by atoms with Crippen LogP contribution in [0.1, 0.15) is 31.9 Å². The molecule has 72 valence electrons. The Balaban J connectivity index is 2.69. The topological polar surface area (TPSA) is 48.1 Å². The van der Waals surface area contributed by atoms with Gasteiger partial charge in [-0.15, -0.1) is 0 Å². The van der Waals surface area contributed by atoms with Crippen LogP contribution in [0.3, 0.4) is 0 Å². The van der Waals surface area contributed by atoms with Gasteiger partial charge in [0.25, 0.3) is 0 Å². The van der Waals surface area contributed by atoms with Crippen molar-refractivity contribution in [3.8, 4) is 5.88 Å². The van der Waals surface area contributed by atoms with Gasteiger partial charge in [0.15, 0.2) is 0 Å². The van der Waals surface area contributed by atoms with Crippen LogP contribution in [-0.2, 0) is 0 Å². The van der Waals surface area contributed by atoms with E-state index in [9.17, 15) is 0 Å². The molecular formula is C10H16N2O. The summed E-state index contributed by atoms with van der Waals surface area (Å²) in [6.45, 7) is 4.64. The van der Waals surface area contributed by atoms with Crippen LogP contribution in [0.2, 0.25) is 0 Å². The van der Waals surface area contributed by atoms with Gasteiger partial charge in [-0.2, -0.15) is 0 Å². The Bertz CT molecular complexity index is 246. The molecule has 1 heterocycles. The molecule has 0 aliphatic rings. The van der Waals surface area contributed by atoms with E-state index >= 15 is 0 Å². The van der Waals surface area contributed by atoms with Crippen LogP contribution in [-0.4, -0.2) is 11.6 Å². The largest absolute Gasteiger partial charge is 0.478 e. The predicted octanol–water partition coefficient (Wildman–Crippen LogP) is 1.89. The number of hydrogen-bond donors (Lipinski definition) is 1. The molecule has 0 unspecified atom stereocenters. The van der Waals surface area contributed by atoms with Crippen molar-refractivity contribution in [2.75, 3.05) is 6.61 Å². The van der Waals surface area contributed by atoms with Gasteiger partial charge in [-0.05, 0) is 18.9 Å². The van der Waals surface area contributed by atoms with Crippen molar-refractivity contribution in [3.05, 3.63) is 23.9 Å². The van der Waals surface area contributed by atoms with Crippen LogP contribution in [0.5, 0.6) is 5.88 Å². The summed E-state index contributed by atoms with van der Waals surface area (Å²) in [5, 5.41) is 0. The second-order valence-corrected chi connectivity index (χ2v) is 2.88. The van der Waals surface area contributed by atoms with Crippen molar-refractivity contribution in [1.29, 1.82) is 0 Å². The smallest absolute Gasteiger partial charge is 0.213 e. The van der Waals surface area contributed by atoms with Crippen molar-refractivity contribution in [1.82, 2.24) is 4.98 Å². The van der Waals surface area contributed by atoms with Gasteiger partial charge in [0.2, 0.25) is 5.88 Å². The number of pyridine rings is 1. The lowest BCUT2D eigenvalue weighted by atomic mass is 10.1. The first-order valence-corrected chi connectivity index (χ1v) is 4.62. The number of hydrogen-bond acceptors (Lipinski definition) is 3. The molecule has 13 heavy (non-hydrogen) atoms. The van der Waals surface area contributed by atoms with E-state index in [-0.39, 0.29) is 6.04 Å². The summed E-state index contributed by atoms with van der Waals surface area (Å²) in [7, 11) is 0. The average molecular weight is 180 g/mol.